The summed E-state index contributed by atoms with van der Waals surface area (Å²) in [5.41, 5.74) is 5.09. The summed E-state index contributed by atoms with van der Waals surface area (Å²) in [6.07, 6.45) is 0. The molecule has 29 heavy (non-hydrogen) atoms. The Hall–Kier alpha value is -3.53. The van der Waals surface area contributed by atoms with Crippen LogP contribution in [0.5, 0.6) is 5.75 Å². The number of ether oxygens (including phenoxy) is 1. The summed E-state index contributed by atoms with van der Waals surface area (Å²) < 4.78 is 5.64. The maximum absolute atomic E-state index is 12.4. The van der Waals surface area contributed by atoms with Crippen LogP contribution in [0.1, 0.15) is 34.6 Å². The summed E-state index contributed by atoms with van der Waals surface area (Å²) in [5.74, 6) is -0.344. The number of amides is 2. The summed E-state index contributed by atoms with van der Waals surface area (Å²) >= 11 is 5.02. The number of non-ortho nitro benzene ring substituents is 1. The van der Waals surface area contributed by atoms with E-state index >= 15 is 0 Å². The number of nitrogens with zero attached hydrogens (tertiary/aromatic N) is 1. The number of nitro benzene ring substituents is 1. The average Bonchev–Trinajstić information content (AvgIpc) is 2.70. The van der Waals surface area contributed by atoms with Gasteiger partial charge < -0.3 is 4.74 Å². The number of hydrogen-bond acceptors (Lipinski definition) is 6. The van der Waals surface area contributed by atoms with Gasteiger partial charge in [0, 0.05) is 17.7 Å². The number of nitrogens with one attached hydrogen (secondary N) is 3. The highest BCUT2D eigenvalue weighted by Gasteiger charge is 2.15. The lowest BCUT2D eigenvalue weighted by atomic mass is 10.2. The molecular weight excluding hydrogens is 396 g/mol. The van der Waals surface area contributed by atoms with Gasteiger partial charge in [-0.15, -0.1) is 0 Å². The lowest BCUT2D eigenvalue weighted by molar-refractivity contribution is -0.384. The number of hydrazine groups is 1. The number of nitro groups is 1. The molecule has 0 atom stereocenters. The number of rotatable bonds is 6. The molecule has 0 bridgehead atoms. The van der Waals surface area contributed by atoms with Gasteiger partial charge in [0.05, 0.1) is 17.1 Å². The maximum Gasteiger partial charge on any atom is 0.269 e. The molecule has 2 aromatic rings. The fraction of sp³-hybridized carbons (Fsp3) is 0.211. The normalized spacial score (nSPS) is 10.2. The first-order valence-corrected chi connectivity index (χ1v) is 9.06. The fourth-order valence-electron chi connectivity index (χ4n) is 2.16. The third kappa shape index (κ3) is 6.54. The maximum atomic E-state index is 12.4. The zero-order valence-electron chi connectivity index (χ0n) is 15.8. The average molecular weight is 416 g/mol. The number of hydrogen-bond donors (Lipinski definition) is 3. The van der Waals surface area contributed by atoms with E-state index in [9.17, 15) is 19.7 Å². The second-order valence-corrected chi connectivity index (χ2v) is 6.78. The van der Waals surface area contributed by atoms with Crippen molar-refractivity contribution in [3.63, 3.8) is 0 Å². The molecule has 3 N–H and O–H groups in total. The van der Waals surface area contributed by atoms with E-state index in [-0.39, 0.29) is 16.4 Å². The van der Waals surface area contributed by atoms with Crippen molar-refractivity contribution < 1.29 is 19.2 Å². The van der Waals surface area contributed by atoms with Gasteiger partial charge in [0.1, 0.15) is 5.75 Å². The monoisotopic (exact) mass is 416 g/mol. The van der Waals surface area contributed by atoms with Crippen LogP contribution in [0.2, 0.25) is 0 Å². The van der Waals surface area contributed by atoms with E-state index < -0.39 is 16.7 Å². The largest absolute Gasteiger partial charge is 0.492 e. The standard InChI is InChI=1S/C19H20N4O5S/c1-12(2)11-28-16-6-4-3-5-15(16)18(25)20-19(29)22-21-17(24)13-7-9-14(10-8-13)23(26)27/h3-10,12H,11H2,1-2H3,(H,21,24)(H2,20,22,25,29). The zero-order valence-corrected chi connectivity index (χ0v) is 16.6. The molecule has 0 saturated carbocycles. The third-order valence-corrected chi connectivity index (χ3v) is 3.76. The number of carbonyl (C=O) groups is 2. The van der Waals surface area contributed by atoms with E-state index in [4.69, 9.17) is 17.0 Å². The van der Waals surface area contributed by atoms with Crippen molar-refractivity contribution in [1.82, 2.24) is 16.2 Å². The number of benzene rings is 2. The van der Waals surface area contributed by atoms with Crippen LogP contribution in [0, 0.1) is 16.0 Å². The Bertz CT molecular complexity index is 915. The molecule has 0 aliphatic heterocycles. The van der Waals surface area contributed by atoms with Crippen LogP contribution in [0.25, 0.3) is 0 Å². The second kappa shape index (κ2) is 10.1. The molecule has 0 radical (unpaired) electrons. The Kier molecular flexibility index (Phi) is 7.61. The van der Waals surface area contributed by atoms with Gasteiger partial charge in [0.15, 0.2) is 5.11 Å². The Balaban J connectivity index is 1.91. The van der Waals surface area contributed by atoms with Gasteiger partial charge in [0.2, 0.25) is 0 Å². The smallest absolute Gasteiger partial charge is 0.269 e. The van der Waals surface area contributed by atoms with E-state index in [1.54, 1.807) is 24.3 Å². The molecular formula is C19H20N4O5S. The van der Waals surface area contributed by atoms with E-state index in [0.29, 0.717) is 23.8 Å². The van der Waals surface area contributed by atoms with Crippen molar-refractivity contribution in [2.24, 2.45) is 5.92 Å². The highest BCUT2D eigenvalue weighted by Crippen LogP contribution is 2.18. The zero-order chi connectivity index (χ0) is 21.4. The van der Waals surface area contributed by atoms with Crippen molar-refractivity contribution in [2.75, 3.05) is 6.61 Å². The van der Waals surface area contributed by atoms with E-state index in [2.05, 4.69) is 16.2 Å². The summed E-state index contributed by atoms with van der Waals surface area (Å²) in [7, 11) is 0. The minimum absolute atomic E-state index is 0.121. The summed E-state index contributed by atoms with van der Waals surface area (Å²) in [5, 5.41) is 13.0. The van der Waals surface area contributed by atoms with E-state index in [1.165, 1.54) is 24.3 Å². The van der Waals surface area contributed by atoms with Crippen LogP contribution in [-0.4, -0.2) is 28.5 Å². The van der Waals surface area contributed by atoms with Gasteiger partial charge >= 0.3 is 0 Å². The molecule has 0 saturated heterocycles. The number of para-hydroxylation sites is 1. The van der Waals surface area contributed by atoms with Gasteiger partial charge in [-0.25, -0.2) is 0 Å². The first-order valence-electron chi connectivity index (χ1n) is 8.66. The Morgan fingerprint density at radius 3 is 2.34 bits per heavy atom. The second-order valence-electron chi connectivity index (χ2n) is 6.37. The van der Waals surface area contributed by atoms with Crippen molar-refractivity contribution in [2.45, 2.75) is 13.8 Å². The Morgan fingerprint density at radius 2 is 1.72 bits per heavy atom. The number of carbonyl (C=O) groups excluding carboxylic acids is 2. The van der Waals surface area contributed by atoms with Crippen molar-refractivity contribution >= 4 is 34.8 Å². The first kappa shape index (κ1) is 21.8. The van der Waals surface area contributed by atoms with Gasteiger partial charge in [-0.05, 0) is 42.4 Å². The molecule has 10 heteroatoms. The first-order chi connectivity index (χ1) is 13.8. The predicted octanol–water partition coefficient (Wildman–Crippen LogP) is 2.58. The molecule has 2 amide bonds. The van der Waals surface area contributed by atoms with Crippen LogP contribution in [0.4, 0.5) is 5.69 Å². The van der Waals surface area contributed by atoms with Crippen LogP contribution >= 0.6 is 12.2 Å². The fourth-order valence-corrected chi connectivity index (χ4v) is 2.30. The van der Waals surface area contributed by atoms with Crippen LogP contribution in [0.3, 0.4) is 0 Å². The van der Waals surface area contributed by atoms with E-state index in [0.717, 1.165) is 0 Å². The van der Waals surface area contributed by atoms with Gasteiger partial charge in [-0.2, -0.15) is 0 Å². The molecule has 0 fully saturated rings. The molecule has 0 unspecified atom stereocenters. The Labute approximate surface area is 172 Å². The minimum Gasteiger partial charge on any atom is -0.492 e. The molecule has 9 nitrogen and oxygen atoms in total. The number of thiocarbonyl (C=S) groups is 1. The topological polar surface area (TPSA) is 123 Å². The van der Waals surface area contributed by atoms with E-state index in [1.807, 2.05) is 13.8 Å². The molecule has 2 aromatic carbocycles. The SMILES string of the molecule is CC(C)COc1ccccc1C(=O)NC(=S)NNC(=O)c1ccc([N+](=O)[O-])cc1. The molecule has 0 aliphatic carbocycles. The van der Waals surface area contributed by atoms with Crippen LogP contribution in [0.15, 0.2) is 48.5 Å². The molecule has 0 spiro atoms. The molecule has 0 heterocycles. The molecule has 152 valence electrons. The molecule has 0 aliphatic rings. The summed E-state index contributed by atoms with van der Waals surface area (Å²) in [4.78, 5) is 34.6. The van der Waals surface area contributed by atoms with Crippen molar-refractivity contribution in [3.8, 4) is 5.75 Å². The third-order valence-electron chi connectivity index (χ3n) is 3.56. The summed E-state index contributed by atoms with van der Waals surface area (Å²) in [6, 6.07) is 11.8. The van der Waals surface area contributed by atoms with Crippen LogP contribution < -0.4 is 20.9 Å². The van der Waals surface area contributed by atoms with Crippen molar-refractivity contribution in [3.05, 3.63) is 69.8 Å². The lowest BCUT2D eigenvalue weighted by Crippen LogP contribution is -2.48. The molecule has 0 aromatic heterocycles. The predicted molar refractivity (Wildman–Crippen MR) is 111 cm³/mol. The van der Waals surface area contributed by atoms with Gasteiger partial charge in [0.25, 0.3) is 17.5 Å². The minimum atomic E-state index is -0.572. The quantitative estimate of drug-likeness (QED) is 0.376. The molecule has 2 rings (SSSR count). The van der Waals surface area contributed by atoms with Gasteiger partial charge in [-0.3, -0.25) is 35.9 Å². The highest BCUT2D eigenvalue weighted by atomic mass is 32.1. The lowest BCUT2D eigenvalue weighted by Gasteiger charge is -2.14. The Morgan fingerprint density at radius 1 is 1.07 bits per heavy atom. The summed E-state index contributed by atoms with van der Waals surface area (Å²) in [6.45, 7) is 4.45. The van der Waals surface area contributed by atoms with Crippen molar-refractivity contribution in [1.29, 1.82) is 0 Å². The van der Waals surface area contributed by atoms with Crippen LogP contribution in [-0.2, 0) is 0 Å². The highest BCUT2D eigenvalue weighted by molar-refractivity contribution is 7.80. The van der Waals surface area contributed by atoms with Gasteiger partial charge in [-0.1, -0.05) is 26.0 Å².